The molecule has 12 atom stereocenters. The minimum absolute atomic E-state index is 0.479. The first kappa shape index (κ1) is 30.7. The molecule has 0 aromatic rings. The molecule has 0 radical (unpaired) electrons. The fourth-order valence-electron chi connectivity index (χ4n) is 4.49. The van der Waals surface area contributed by atoms with E-state index in [2.05, 4.69) is 0 Å². The Hall–Kier alpha value is -1.50. The molecule has 0 bridgehead atoms. The normalized spacial score (nSPS) is 40.7. The van der Waals surface area contributed by atoms with E-state index in [1.165, 1.54) is 13.8 Å². The summed E-state index contributed by atoms with van der Waals surface area (Å²) in [6, 6.07) is 0. The summed E-state index contributed by atoms with van der Waals surface area (Å²) in [5, 5.41) is 90.6. The molecule has 0 saturated carbocycles. The molecule has 0 aliphatic carbocycles. The standard InChI is InChI=1S/C21H36O15/c1-8-11(25)5-21(19(31)32,36-16(8)14(27)12(26)6-22)34-13(7-23)15(28)17-9(2)10(24)4-20(33-3,35-17)18(29)30/h8-17,22-28H,4-7H2,1-3H3,(H,29,30)(H,31,32)/t8-,9-,10?,11?,12-,13-,14-,15-,16-,17-,20-,21-/m1/s1. The van der Waals surface area contributed by atoms with Crippen molar-refractivity contribution in [2.75, 3.05) is 20.3 Å². The van der Waals surface area contributed by atoms with Crippen molar-refractivity contribution in [1.82, 2.24) is 0 Å². The lowest BCUT2D eigenvalue weighted by molar-refractivity contribution is -0.350. The van der Waals surface area contributed by atoms with Gasteiger partial charge in [0.1, 0.15) is 24.4 Å². The van der Waals surface area contributed by atoms with E-state index in [0.717, 1.165) is 7.11 Å². The molecule has 15 heteroatoms. The number of carboxylic acids is 2. The molecule has 0 spiro atoms. The van der Waals surface area contributed by atoms with E-state index in [4.69, 9.17) is 24.1 Å². The molecule has 2 rings (SSSR count). The Morgan fingerprint density at radius 2 is 1.31 bits per heavy atom. The summed E-state index contributed by atoms with van der Waals surface area (Å²) < 4.78 is 21.4. The predicted molar refractivity (Wildman–Crippen MR) is 114 cm³/mol. The van der Waals surface area contributed by atoms with Gasteiger partial charge in [0.25, 0.3) is 11.6 Å². The molecule has 2 aliphatic rings. The van der Waals surface area contributed by atoms with Crippen molar-refractivity contribution < 1.29 is 74.5 Å². The van der Waals surface area contributed by atoms with Crippen molar-refractivity contribution in [3.05, 3.63) is 0 Å². The van der Waals surface area contributed by atoms with Crippen LogP contribution in [0.5, 0.6) is 0 Å². The molecule has 15 nitrogen and oxygen atoms in total. The van der Waals surface area contributed by atoms with Gasteiger partial charge in [-0.15, -0.1) is 0 Å². The van der Waals surface area contributed by atoms with Crippen LogP contribution in [0.25, 0.3) is 0 Å². The maximum atomic E-state index is 12.3. The van der Waals surface area contributed by atoms with Crippen molar-refractivity contribution in [3.8, 4) is 0 Å². The van der Waals surface area contributed by atoms with Crippen LogP contribution in [0.1, 0.15) is 26.7 Å². The van der Waals surface area contributed by atoms with Crippen LogP contribution >= 0.6 is 0 Å². The zero-order chi connectivity index (χ0) is 27.6. The number of hydrogen-bond acceptors (Lipinski definition) is 13. The van der Waals surface area contributed by atoms with Crippen molar-refractivity contribution >= 4 is 11.9 Å². The first-order valence-electron chi connectivity index (χ1n) is 11.4. The van der Waals surface area contributed by atoms with Gasteiger partial charge < -0.3 is 64.9 Å². The summed E-state index contributed by atoms with van der Waals surface area (Å²) in [6.07, 6.45) is -14.4. The SMILES string of the molecule is CO[C@]1(C(=O)O)CC(O)[C@@H](C)[C@H]([C@H](O)[C@@H](CO)O[C@]2(C(=O)O)CC(O)[C@@H](C)[C@H]([C@H](O)[C@H](O)CO)O2)O1. The van der Waals surface area contributed by atoms with E-state index in [-0.39, 0.29) is 0 Å². The van der Waals surface area contributed by atoms with E-state index >= 15 is 0 Å². The van der Waals surface area contributed by atoms with E-state index in [0.29, 0.717) is 0 Å². The van der Waals surface area contributed by atoms with Crippen molar-refractivity contribution in [2.45, 2.75) is 87.1 Å². The Bertz CT molecular complexity index is 766. The van der Waals surface area contributed by atoms with Gasteiger partial charge in [-0.2, -0.15) is 0 Å². The smallest absolute Gasteiger partial charge is 0.364 e. The molecule has 2 heterocycles. The second-order valence-electron chi connectivity index (χ2n) is 9.32. The summed E-state index contributed by atoms with van der Waals surface area (Å²) in [5.41, 5.74) is 0. The molecular formula is C21H36O15. The molecule has 9 N–H and O–H groups in total. The van der Waals surface area contributed by atoms with Crippen LogP contribution < -0.4 is 0 Å². The Balaban J connectivity index is 2.38. The average Bonchev–Trinajstić information content (AvgIpc) is 2.84. The van der Waals surface area contributed by atoms with Gasteiger partial charge in [-0.05, 0) is 0 Å². The largest absolute Gasteiger partial charge is 0.477 e. The van der Waals surface area contributed by atoms with Crippen LogP contribution in [-0.2, 0) is 28.5 Å². The monoisotopic (exact) mass is 528 g/mol. The third-order valence-corrected chi connectivity index (χ3v) is 7.00. The van der Waals surface area contributed by atoms with Crippen molar-refractivity contribution in [1.29, 1.82) is 0 Å². The Kier molecular flexibility index (Phi) is 10.2. The lowest BCUT2D eigenvalue weighted by Gasteiger charge is -2.48. The first-order chi connectivity index (χ1) is 16.7. The quantitative estimate of drug-likeness (QED) is 0.125. The van der Waals surface area contributed by atoms with Gasteiger partial charge in [0.15, 0.2) is 0 Å². The topological polar surface area (TPSA) is 253 Å². The summed E-state index contributed by atoms with van der Waals surface area (Å²) in [7, 11) is 1.02. The summed E-state index contributed by atoms with van der Waals surface area (Å²) in [5.74, 6) is -10.3. The highest BCUT2D eigenvalue weighted by Crippen LogP contribution is 2.40. The number of aliphatic carboxylic acids is 2. The highest BCUT2D eigenvalue weighted by Gasteiger charge is 2.58. The van der Waals surface area contributed by atoms with Crippen LogP contribution in [-0.4, -0.2) is 139 Å². The van der Waals surface area contributed by atoms with E-state index in [9.17, 15) is 50.4 Å². The molecular weight excluding hydrogens is 492 g/mol. The lowest BCUT2D eigenvalue weighted by atomic mass is 9.83. The predicted octanol–water partition coefficient (Wildman–Crippen LogP) is -3.78. The maximum Gasteiger partial charge on any atom is 0.364 e. The van der Waals surface area contributed by atoms with Crippen molar-refractivity contribution in [2.24, 2.45) is 11.8 Å². The fraction of sp³-hybridized carbons (Fsp3) is 0.905. The number of rotatable bonds is 11. The summed E-state index contributed by atoms with van der Waals surface area (Å²) in [6.45, 7) is 0.898. The first-order valence-corrected chi connectivity index (χ1v) is 11.4. The second kappa shape index (κ2) is 11.9. The van der Waals surface area contributed by atoms with Crippen LogP contribution in [0, 0.1) is 11.8 Å². The maximum absolute atomic E-state index is 12.3. The van der Waals surface area contributed by atoms with Crippen LogP contribution in [0.2, 0.25) is 0 Å². The zero-order valence-corrected chi connectivity index (χ0v) is 20.1. The molecule has 0 aromatic carbocycles. The Labute approximate surface area is 206 Å². The number of carbonyl (C=O) groups is 2. The van der Waals surface area contributed by atoms with E-state index < -0.39 is 110 Å². The Morgan fingerprint density at radius 3 is 1.72 bits per heavy atom. The molecule has 36 heavy (non-hydrogen) atoms. The Morgan fingerprint density at radius 1 is 0.861 bits per heavy atom. The summed E-state index contributed by atoms with van der Waals surface area (Å²) in [4.78, 5) is 24.0. The number of carboxylic acid groups (broad SMARTS) is 2. The highest BCUT2D eigenvalue weighted by molar-refractivity contribution is 5.76. The fourth-order valence-corrected chi connectivity index (χ4v) is 4.49. The van der Waals surface area contributed by atoms with Crippen molar-refractivity contribution in [3.63, 3.8) is 0 Å². The number of aliphatic hydroxyl groups excluding tert-OH is 7. The molecule has 2 unspecified atom stereocenters. The lowest BCUT2D eigenvalue weighted by Crippen LogP contribution is -2.65. The molecule has 210 valence electrons. The third-order valence-electron chi connectivity index (χ3n) is 7.00. The minimum Gasteiger partial charge on any atom is -0.477 e. The summed E-state index contributed by atoms with van der Waals surface area (Å²) >= 11 is 0. The van der Waals surface area contributed by atoms with Gasteiger partial charge in [-0.3, -0.25) is 0 Å². The van der Waals surface area contributed by atoms with Gasteiger partial charge in [0.05, 0.1) is 37.6 Å². The van der Waals surface area contributed by atoms with Crippen LogP contribution in [0.4, 0.5) is 0 Å². The molecule has 0 aromatic heterocycles. The number of aliphatic hydroxyl groups is 7. The average molecular weight is 529 g/mol. The number of ether oxygens (including phenoxy) is 4. The highest BCUT2D eigenvalue weighted by atomic mass is 16.7. The molecule has 2 fully saturated rings. The zero-order valence-electron chi connectivity index (χ0n) is 20.1. The number of hydrogen-bond donors (Lipinski definition) is 9. The molecule has 2 saturated heterocycles. The van der Waals surface area contributed by atoms with Gasteiger partial charge >= 0.3 is 11.9 Å². The molecule has 2 aliphatic heterocycles. The van der Waals surface area contributed by atoms with E-state index in [1.807, 2.05) is 0 Å². The van der Waals surface area contributed by atoms with Gasteiger partial charge in [-0.25, -0.2) is 9.59 Å². The minimum atomic E-state index is -2.75. The second-order valence-corrected chi connectivity index (χ2v) is 9.32. The third kappa shape index (κ3) is 5.81. The van der Waals surface area contributed by atoms with Gasteiger partial charge in [0, 0.05) is 31.8 Å². The van der Waals surface area contributed by atoms with Gasteiger partial charge in [-0.1, -0.05) is 13.8 Å². The number of methoxy groups -OCH3 is 1. The van der Waals surface area contributed by atoms with E-state index in [1.54, 1.807) is 0 Å². The van der Waals surface area contributed by atoms with Crippen LogP contribution in [0.3, 0.4) is 0 Å². The van der Waals surface area contributed by atoms with Crippen LogP contribution in [0.15, 0.2) is 0 Å². The van der Waals surface area contributed by atoms with Gasteiger partial charge in [0.2, 0.25) is 0 Å². The molecule has 0 amide bonds.